The van der Waals surface area contributed by atoms with Gasteiger partial charge in [0.05, 0.1) is 19.1 Å². The zero-order valence-electron chi connectivity index (χ0n) is 24.4. The molecule has 0 aromatic heterocycles. The third kappa shape index (κ3) is 7.87. The van der Waals surface area contributed by atoms with Crippen molar-refractivity contribution in [2.24, 2.45) is 17.8 Å². The number of hydrogen-bond acceptors (Lipinski definition) is 4. The van der Waals surface area contributed by atoms with Crippen molar-refractivity contribution in [2.75, 3.05) is 19.8 Å². The Morgan fingerprint density at radius 2 is 1.40 bits per heavy atom. The van der Waals surface area contributed by atoms with Gasteiger partial charge in [0.25, 0.3) is 0 Å². The molecule has 2 aliphatic carbocycles. The van der Waals surface area contributed by atoms with Gasteiger partial charge in [-0.05, 0) is 87.2 Å². The first-order valence-electron chi connectivity index (χ1n) is 15.5. The molecule has 10 heteroatoms. The van der Waals surface area contributed by atoms with Crippen LogP contribution in [0, 0.1) is 41.0 Å². The number of alkyl halides is 2. The molecule has 5 rings (SSSR count). The highest BCUT2D eigenvalue weighted by atomic mass is 19.3. The van der Waals surface area contributed by atoms with Crippen LogP contribution in [0.3, 0.4) is 0 Å². The van der Waals surface area contributed by atoms with Crippen molar-refractivity contribution in [2.45, 2.75) is 95.6 Å². The molecule has 0 bridgehead atoms. The monoisotopic (exact) mass is 614 g/mol. The van der Waals surface area contributed by atoms with E-state index in [0.717, 1.165) is 38.5 Å². The predicted octanol–water partition coefficient (Wildman–Crippen LogP) is 9.23. The molecule has 0 amide bonds. The average molecular weight is 615 g/mol. The van der Waals surface area contributed by atoms with Gasteiger partial charge in [-0.2, -0.15) is 8.78 Å². The van der Waals surface area contributed by atoms with Crippen molar-refractivity contribution in [1.82, 2.24) is 0 Å². The van der Waals surface area contributed by atoms with Gasteiger partial charge < -0.3 is 18.9 Å². The fraction of sp³-hybridized carbons (Fsp3) is 0.636. The summed E-state index contributed by atoms with van der Waals surface area (Å²) in [7, 11) is 0. The van der Waals surface area contributed by atoms with Gasteiger partial charge in [-0.25, -0.2) is 17.6 Å². The largest absolute Gasteiger partial charge is 0.432 e. The highest BCUT2D eigenvalue weighted by Gasteiger charge is 2.45. The Morgan fingerprint density at radius 1 is 0.791 bits per heavy atom. The lowest BCUT2D eigenvalue weighted by molar-refractivity contribution is -0.230. The fourth-order valence-electron chi connectivity index (χ4n) is 6.85. The molecule has 2 aromatic carbocycles. The summed E-state index contributed by atoms with van der Waals surface area (Å²) in [5.74, 6) is -6.20. The van der Waals surface area contributed by atoms with E-state index in [2.05, 4.69) is 11.7 Å². The maximum absolute atomic E-state index is 15.2. The van der Waals surface area contributed by atoms with Crippen LogP contribution in [0.25, 0.3) is 0 Å². The van der Waals surface area contributed by atoms with Gasteiger partial charge in [0, 0.05) is 24.3 Å². The highest BCUT2D eigenvalue weighted by molar-refractivity contribution is 5.29. The molecule has 2 saturated carbocycles. The molecule has 2 aromatic rings. The molecule has 1 saturated heterocycles. The van der Waals surface area contributed by atoms with Crippen molar-refractivity contribution in [3.63, 3.8) is 0 Å². The fourth-order valence-corrected chi connectivity index (χ4v) is 6.85. The van der Waals surface area contributed by atoms with E-state index in [9.17, 15) is 22.0 Å². The Morgan fingerprint density at radius 3 is 1.98 bits per heavy atom. The summed E-state index contributed by atoms with van der Waals surface area (Å²) in [5.41, 5.74) is 1.34. The third-order valence-corrected chi connectivity index (χ3v) is 9.35. The van der Waals surface area contributed by atoms with Gasteiger partial charge in [0.2, 0.25) is 0 Å². The van der Waals surface area contributed by atoms with Crippen molar-refractivity contribution < 1.29 is 45.3 Å². The topological polar surface area (TPSA) is 36.9 Å². The Hall–Kier alpha value is -2.30. The first-order valence-corrected chi connectivity index (χ1v) is 15.5. The van der Waals surface area contributed by atoms with Gasteiger partial charge in [-0.15, -0.1) is 0 Å². The van der Waals surface area contributed by atoms with Crippen LogP contribution in [-0.2, 0) is 14.2 Å². The number of ether oxygens (including phenoxy) is 4. The van der Waals surface area contributed by atoms with Crippen LogP contribution in [0.5, 0.6) is 5.75 Å². The Kier molecular flexibility index (Phi) is 10.6. The SMILES string of the molecule is CCCCOC1COC(c2ccc(C3CCC(C4CCC(C(F)(F)Oc5cc(F)c(F)c(F)c5)CC4)CC3)c(F)c2)OC1. The van der Waals surface area contributed by atoms with Crippen molar-refractivity contribution in [3.8, 4) is 5.75 Å². The molecule has 0 radical (unpaired) electrons. The minimum atomic E-state index is -3.62. The molecule has 4 nitrogen and oxygen atoms in total. The smallest absolute Gasteiger partial charge is 0.400 e. The van der Waals surface area contributed by atoms with Crippen LogP contribution < -0.4 is 4.74 Å². The summed E-state index contributed by atoms with van der Waals surface area (Å²) in [6.45, 7) is 3.58. The quantitative estimate of drug-likeness (QED) is 0.152. The summed E-state index contributed by atoms with van der Waals surface area (Å²) in [6, 6.07) is 6.07. The molecule has 0 spiro atoms. The molecule has 1 heterocycles. The van der Waals surface area contributed by atoms with E-state index >= 15 is 4.39 Å². The lowest BCUT2D eigenvalue weighted by Crippen LogP contribution is -2.38. The number of benzene rings is 2. The van der Waals surface area contributed by atoms with Crippen molar-refractivity contribution in [3.05, 3.63) is 64.7 Å². The lowest BCUT2D eigenvalue weighted by atomic mass is 9.68. The van der Waals surface area contributed by atoms with Crippen molar-refractivity contribution >= 4 is 0 Å². The van der Waals surface area contributed by atoms with Gasteiger partial charge in [0.15, 0.2) is 23.7 Å². The van der Waals surface area contributed by atoms with Gasteiger partial charge in [-0.1, -0.05) is 25.5 Å². The van der Waals surface area contributed by atoms with E-state index in [-0.39, 0.29) is 36.6 Å². The van der Waals surface area contributed by atoms with Crippen LogP contribution in [-0.4, -0.2) is 32.0 Å². The van der Waals surface area contributed by atoms with Crippen LogP contribution in [0.2, 0.25) is 0 Å². The molecule has 0 unspecified atom stereocenters. The zero-order chi connectivity index (χ0) is 30.6. The molecule has 43 heavy (non-hydrogen) atoms. The van der Waals surface area contributed by atoms with Crippen LogP contribution in [0.15, 0.2) is 30.3 Å². The summed E-state index contributed by atoms with van der Waals surface area (Å²) in [4.78, 5) is 0. The molecular weight excluding hydrogens is 574 g/mol. The van der Waals surface area contributed by atoms with E-state index in [1.807, 2.05) is 12.1 Å². The number of halogens is 6. The second kappa shape index (κ2) is 14.2. The summed E-state index contributed by atoms with van der Waals surface area (Å²) < 4.78 is 107. The van der Waals surface area contributed by atoms with Crippen LogP contribution in [0.1, 0.15) is 94.5 Å². The second-order valence-electron chi connectivity index (χ2n) is 12.2. The number of unbranched alkanes of at least 4 members (excludes halogenated alkanes) is 1. The van der Waals surface area contributed by atoms with Gasteiger partial charge >= 0.3 is 6.11 Å². The minimum absolute atomic E-state index is 0.0976. The van der Waals surface area contributed by atoms with Crippen LogP contribution >= 0.6 is 0 Å². The summed E-state index contributed by atoms with van der Waals surface area (Å²) in [5, 5.41) is 0. The number of rotatable bonds is 10. The van der Waals surface area contributed by atoms with Crippen molar-refractivity contribution in [1.29, 1.82) is 0 Å². The molecule has 0 N–H and O–H groups in total. The zero-order valence-corrected chi connectivity index (χ0v) is 24.4. The Bertz CT molecular complexity index is 1180. The van der Waals surface area contributed by atoms with E-state index in [0.29, 0.717) is 61.8 Å². The Labute approximate surface area is 249 Å². The second-order valence-corrected chi connectivity index (χ2v) is 12.2. The molecular formula is C33H40F6O4. The molecule has 3 fully saturated rings. The van der Waals surface area contributed by atoms with E-state index in [1.54, 1.807) is 0 Å². The lowest BCUT2D eigenvalue weighted by Gasteiger charge is -2.39. The Balaban J connectivity index is 1.08. The van der Waals surface area contributed by atoms with E-state index < -0.39 is 41.5 Å². The molecule has 1 aliphatic heterocycles. The standard InChI is InChI=1S/C33H40F6O4/c1-2-3-14-40-26-18-41-32(42-19-26)23-10-13-27(28(34)15-23)22-6-4-20(5-7-22)21-8-11-24(12-9-21)33(38,39)43-25-16-29(35)31(37)30(36)17-25/h10,13,15-17,20-22,24,26,32H,2-9,11-12,14,18-19H2,1H3. The van der Waals surface area contributed by atoms with Gasteiger partial charge in [-0.3, -0.25) is 0 Å². The van der Waals surface area contributed by atoms with Crippen LogP contribution in [0.4, 0.5) is 26.3 Å². The first-order chi connectivity index (χ1) is 20.6. The first kappa shape index (κ1) is 32.1. The van der Waals surface area contributed by atoms with E-state index in [1.165, 1.54) is 6.07 Å². The van der Waals surface area contributed by atoms with E-state index in [4.69, 9.17) is 14.2 Å². The van der Waals surface area contributed by atoms with Gasteiger partial charge in [0.1, 0.15) is 17.7 Å². The maximum atomic E-state index is 15.2. The molecule has 0 atom stereocenters. The summed E-state index contributed by atoms with van der Waals surface area (Å²) >= 11 is 0. The normalized spacial score (nSPS) is 28.5. The minimum Gasteiger partial charge on any atom is -0.432 e. The number of hydrogen-bond donors (Lipinski definition) is 0. The molecule has 238 valence electrons. The average Bonchev–Trinajstić information content (AvgIpc) is 3.00. The summed E-state index contributed by atoms with van der Waals surface area (Å²) in [6.07, 6.45) is 2.78. The molecule has 3 aliphatic rings. The predicted molar refractivity (Wildman–Crippen MR) is 148 cm³/mol. The third-order valence-electron chi connectivity index (χ3n) is 9.35. The highest BCUT2D eigenvalue weighted by Crippen LogP contribution is 2.47. The maximum Gasteiger partial charge on any atom is 0.400 e.